The number of guanidine groups is 1. The molecule has 0 aromatic rings. The Labute approximate surface area is 281 Å². The summed E-state index contributed by atoms with van der Waals surface area (Å²) in [5, 5.41) is 25.0. The summed E-state index contributed by atoms with van der Waals surface area (Å²) in [6.07, 6.45) is 2.16. The number of carbonyl (C=O) groups is 6. The maximum absolute atomic E-state index is 14.0. The number of nitrogens with one attached hydrogen (secondary N) is 2. The summed E-state index contributed by atoms with van der Waals surface area (Å²) in [6, 6.07) is -4.20. The van der Waals surface area contributed by atoms with Gasteiger partial charge in [-0.3, -0.25) is 29.0 Å². The van der Waals surface area contributed by atoms with Crippen molar-refractivity contribution in [3.8, 4) is 0 Å². The number of rotatable bonds is 21. The summed E-state index contributed by atoms with van der Waals surface area (Å²) in [7, 11) is 0. The van der Waals surface area contributed by atoms with E-state index in [1.54, 1.807) is 6.92 Å². The smallest absolute Gasteiger partial charge is 0.326 e. The molecule has 0 spiro atoms. The third kappa shape index (κ3) is 12.3. The van der Waals surface area contributed by atoms with E-state index in [-0.39, 0.29) is 45.0 Å². The Morgan fingerprint density at radius 2 is 1.62 bits per heavy atom. The van der Waals surface area contributed by atoms with Gasteiger partial charge in [0.2, 0.25) is 23.6 Å². The van der Waals surface area contributed by atoms with Crippen LogP contribution in [0.5, 0.6) is 0 Å². The molecule has 2 aliphatic rings. The summed E-state index contributed by atoms with van der Waals surface area (Å²) in [6.45, 7) is 4.24. The SMILES string of the molecule is CCOCC(=O)N[C@H](C(=O)C[C@@H](CCCCN)C(=O)N1CCC[C@H]1C(=O)N1CCC[C@H]1C(=O)N[C@@H](CCCN=C(N)N)C(=O)O)[C@@H](C)O. The minimum Gasteiger partial charge on any atom is -0.480 e. The Kier molecular flexibility index (Phi) is 17.2. The summed E-state index contributed by atoms with van der Waals surface area (Å²) >= 11 is 0. The molecule has 2 fully saturated rings. The van der Waals surface area contributed by atoms with Crippen LogP contribution in [0.4, 0.5) is 0 Å². The van der Waals surface area contributed by atoms with Gasteiger partial charge in [0.25, 0.3) is 0 Å². The highest BCUT2D eigenvalue weighted by Crippen LogP contribution is 2.28. The number of ether oxygens (including phenoxy) is 1. The zero-order valence-electron chi connectivity index (χ0n) is 28.1. The van der Waals surface area contributed by atoms with Crippen LogP contribution in [0.15, 0.2) is 4.99 Å². The number of carboxylic acid groups (broad SMARTS) is 1. The second-order valence-electron chi connectivity index (χ2n) is 12.3. The van der Waals surface area contributed by atoms with Crippen molar-refractivity contribution in [3.63, 3.8) is 0 Å². The van der Waals surface area contributed by atoms with Crippen LogP contribution in [0.3, 0.4) is 0 Å². The van der Waals surface area contributed by atoms with Gasteiger partial charge in [0.1, 0.15) is 30.8 Å². The number of likely N-dealkylation sites (tertiary alicyclic amines) is 2. The molecule has 0 aromatic heterocycles. The van der Waals surface area contributed by atoms with Crippen molar-refractivity contribution in [3.05, 3.63) is 0 Å². The number of nitrogens with zero attached hydrogens (tertiary/aromatic N) is 3. The predicted octanol–water partition coefficient (Wildman–Crippen LogP) is -1.80. The van der Waals surface area contributed by atoms with Gasteiger partial charge in [-0.1, -0.05) is 6.42 Å². The maximum atomic E-state index is 14.0. The molecular formula is C31H54N8O9. The molecule has 6 atom stereocenters. The normalized spacial score (nSPS) is 20.0. The van der Waals surface area contributed by atoms with Gasteiger partial charge in [0.05, 0.1) is 6.10 Å². The van der Waals surface area contributed by atoms with Gasteiger partial charge in [-0.25, -0.2) is 4.79 Å². The van der Waals surface area contributed by atoms with Crippen LogP contribution in [0.1, 0.15) is 78.1 Å². The molecule has 2 saturated heterocycles. The van der Waals surface area contributed by atoms with Crippen molar-refractivity contribution < 1.29 is 43.7 Å². The van der Waals surface area contributed by atoms with Gasteiger partial charge < -0.3 is 52.6 Å². The lowest BCUT2D eigenvalue weighted by Gasteiger charge is -2.33. The van der Waals surface area contributed by atoms with Gasteiger partial charge in [-0.15, -0.1) is 0 Å². The van der Waals surface area contributed by atoms with E-state index in [1.165, 1.54) is 16.7 Å². The fraction of sp³-hybridized carbons (Fsp3) is 0.774. The number of Topliss-reactive ketones (excluding diaryl/α,β-unsaturated/α-hetero) is 1. The Morgan fingerprint density at radius 1 is 0.958 bits per heavy atom. The van der Waals surface area contributed by atoms with E-state index >= 15 is 0 Å². The molecule has 17 nitrogen and oxygen atoms in total. The second kappa shape index (κ2) is 20.5. The number of aliphatic hydroxyl groups is 1. The van der Waals surface area contributed by atoms with E-state index in [0.29, 0.717) is 64.5 Å². The number of nitrogens with two attached hydrogens (primary N) is 3. The molecule has 0 aliphatic carbocycles. The van der Waals surface area contributed by atoms with Crippen LogP contribution in [0, 0.1) is 5.92 Å². The largest absolute Gasteiger partial charge is 0.480 e. The zero-order chi connectivity index (χ0) is 35.8. The first kappa shape index (κ1) is 40.3. The minimum absolute atomic E-state index is 0.0831. The fourth-order valence-electron chi connectivity index (χ4n) is 6.14. The number of aliphatic hydroxyl groups excluding tert-OH is 1. The van der Waals surface area contributed by atoms with Crippen LogP contribution < -0.4 is 27.8 Å². The van der Waals surface area contributed by atoms with Crippen LogP contribution in [-0.2, 0) is 33.5 Å². The molecule has 48 heavy (non-hydrogen) atoms. The molecule has 17 heteroatoms. The Balaban J connectivity index is 2.17. The van der Waals surface area contributed by atoms with Gasteiger partial charge in [-0.05, 0) is 71.8 Å². The number of carbonyl (C=O) groups excluding carboxylic acids is 5. The molecule has 2 aliphatic heterocycles. The number of amides is 4. The molecule has 0 aromatic carbocycles. The topological polar surface area (TPSA) is 273 Å². The van der Waals surface area contributed by atoms with E-state index in [4.69, 9.17) is 21.9 Å². The van der Waals surface area contributed by atoms with Crippen molar-refractivity contribution in [1.82, 2.24) is 20.4 Å². The number of unbranched alkanes of at least 4 members (excludes halogenated alkanes) is 1. The molecule has 272 valence electrons. The van der Waals surface area contributed by atoms with Crippen LogP contribution >= 0.6 is 0 Å². The molecule has 10 N–H and O–H groups in total. The van der Waals surface area contributed by atoms with E-state index in [9.17, 15) is 39.0 Å². The van der Waals surface area contributed by atoms with Gasteiger partial charge in [0, 0.05) is 38.6 Å². The molecule has 0 radical (unpaired) electrons. The zero-order valence-corrected chi connectivity index (χ0v) is 28.1. The van der Waals surface area contributed by atoms with Crippen molar-refractivity contribution in [2.24, 2.45) is 28.1 Å². The van der Waals surface area contributed by atoms with Crippen molar-refractivity contribution in [1.29, 1.82) is 0 Å². The van der Waals surface area contributed by atoms with E-state index in [2.05, 4.69) is 15.6 Å². The number of aliphatic carboxylic acids is 1. The standard InChI is InChI=1S/C31H54N8O9/c1-3-48-18-25(42)37-26(19(2)40)24(41)17-20(9-4-5-13-32)28(44)39-16-8-12-23(39)29(45)38-15-7-11-22(38)27(43)36-21(30(46)47)10-6-14-35-31(33)34/h19-23,26,40H,3-18,32H2,1-2H3,(H,36,43)(H,37,42)(H,46,47)(H4,33,34,35)/t19-,20-,21+,22+,23+,26+/m1/s1. The lowest BCUT2D eigenvalue weighted by atomic mass is 9.90. The highest BCUT2D eigenvalue weighted by molar-refractivity contribution is 5.96. The average molecular weight is 683 g/mol. The van der Waals surface area contributed by atoms with Crippen molar-refractivity contribution in [2.75, 3.05) is 39.4 Å². The molecular weight excluding hydrogens is 628 g/mol. The molecule has 4 amide bonds. The van der Waals surface area contributed by atoms with Gasteiger partial charge >= 0.3 is 5.97 Å². The first-order valence-electron chi connectivity index (χ1n) is 16.8. The number of ketones is 1. The first-order chi connectivity index (χ1) is 22.8. The summed E-state index contributed by atoms with van der Waals surface area (Å²) in [5.74, 6) is -4.66. The third-order valence-corrected chi connectivity index (χ3v) is 8.61. The van der Waals surface area contributed by atoms with E-state index in [1.807, 2.05) is 0 Å². The Bertz CT molecular complexity index is 1150. The second-order valence-corrected chi connectivity index (χ2v) is 12.3. The van der Waals surface area contributed by atoms with E-state index in [0.717, 1.165) is 0 Å². The number of aliphatic imine (C=N–C) groups is 1. The monoisotopic (exact) mass is 682 g/mol. The molecule has 0 unspecified atom stereocenters. The minimum atomic E-state index is -1.25. The van der Waals surface area contributed by atoms with Crippen LogP contribution in [-0.4, -0.2) is 131 Å². The van der Waals surface area contributed by atoms with E-state index < -0.39 is 71.6 Å². The first-order valence-corrected chi connectivity index (χ1v) is 16.8. The molecule has 2 heterocycles. The molecule has 2 rings (SSSR count). The van der Waals surface area contributed by atoms with Crippen LogP contribution in [0.2, 0.25) is 0 Å². The van der Waals surface area contributed by atoms with Crippen molar-refractivity contribution >= 4 is 41.3 Å². The number of hydrogen-bond donors (Lipinski definition) is 7. The quantitative estimate of drug-likeness (QED) is 0.0401. The summed E-state index contributed by atoms with van der Waals surface area (Å²) in [4.78, 5) is 85.3. The van der Waals surface area contributed by atoms with Crippen molar-refractivity contribution in [2.45, 2.75) is 108 Å². The Morgan fingerprint density at radius 3 is 2.23 bits per heavy atom. The van der Waals surface area contributed by atoms with Crippen LogP contribution in [0.25, 0.3) is 0 Å². The lowest BCUT2D eigenvalue weighted by molar-refractivity contribution is -0.149. The highest BCUT2D eigenvalue weighted by Gasteiger charge is 2.44. The number of carboxylic acids is 1. The lowest BCUT2D eigenvalue weighted by Crippen LogP contribution is -2.55. The summed E-state index contributed by atoms with van der Waals surface area (Å²) < 4.78 is 5.09. The maximum Gasteiger partial charge on any atom is 0.326 e. The van der Waals surface area contributed by atoms with Gasteiger partial charge in [0.15, 0.2) is 11.7 Å². The molecule has 0 bridgehead atoms. The summed E-state index contributed by atoms with van der Waals surface area (Å²) in [5.41, 5.74) is 16.3. The predicted molar refractivity (Wildman–Crippen MR) is 175 cm³/mol. The molecule has 0 saturated carbocycles. The third-order valence-electron chi connectivity index (χ3n) is 8.61. The van der Waals surface area contributed by atoms with Gasteiger partial charge in [-0.2, -0.15) is 0 Å². The fourth-order valence-corrected chi connectivity index (χ4v) is 6.14. The highest BCUT2D eigenvalue weighted by atomic mass is 16.5. The average Bonchev–Trinajstić information content (AvgIpc) is 3.73. The Hall–Kier alpha value is -3.83. The number of hydrogen-bond acceptors (Lipinski definition) is 10.